The zero-order valence-corrected chi connectivity index (χ0v) is 18.5. The topological polar surface area (TPSA) is 49.4 Å². The molecule has 1 aliphatic heterocycles. The Morgan fingerprint density at radius 3 is 0.812 bits per heavy atom. The Morgan fingerprint density at radius 2 is 0.562 bits per heavy atom. The second-order valence-corrected chi connectivity index (χ2v) is 7.81. The molecular weight excluding hydrogens is 432 g/mol. The van der Waals surface area contributed by atoms with Gasteiger partial charge in [0.05, 0.1) is 21.4 Å². The molecule has 0 spiro atoms. The first-order chi connectivity index (χ1) is 15.7. The summed E-state index contributed by atoms with van der Waals surface area (Å²) in [6.07, 6.45) is 0. The van der Waals surface area contributed by atoms with Gasteiger partial charge in [-0.3, -0.25) is 0 Å². The van der Waals surface area contributed by atoms with E-state index in [9.17, 15) is 0 Å². The second-order valence-electron chi connectivity index (χ2n) is 7.08. The molecule has 0 aromatic heterocycles. The molecule has 0 N–H and O–H groups in total. The van der Waals surface area contributed by atoms with E-state index in [0.29, 0.717) is 0 Å². The molecule has 0 atom stereocenters. The Bertz CT molecular complexity index is 1560. The minimum absolute atomic E-state index is 0.251. The molecule has 0 fully saturated rings. The Hall–Kier alpha value is -3.74. The number of hydrogen-bond acceptors (Lipinski definition) is 2. The third-order valence-electron chi connectivity index (χ3n) is 5.06. The molecule has 0 amide bonds. The maximum Gasteiger partial charge on any atom is 0.220 e. The van der Waals surface area contributed by atoms with Gasteiger partial charge in [0.1, 0.15) is 0 Å². The fraction of sp³-hybridized carbons (Fsp3) is 0. The van der Waals surface area contributed by atoms with E-state index in [1.807, 2.05) is 97.1 Å². The van der Waals surface area contributed by atoms with Crippen molar-refractivity contribution in [3.05, 3.63) is 139 Å². The minimum atomic E-state index is 0.251. The van der Waals surface area contributed by atoms with Crippen molar-refractivity contribution in [2.24, 2.45) is 20.0 Å². The number of rotatable bonds is 0. The first kappa shape index (κ1) is 20.2. The Kier molecular flexibility index (Phi) is 5.54. The molecule has 0 aliphatic carbocycles. The molecule has 152 valence electrons. The lowest BCUT2D eigenvalue weighted by molar-refractivity contribution is 1.23. The van der Waals surface area contributed by atoms with E-state index < -0.39 is 0 Å². The molecule has 4 aromatic carbocycles. The van der Waals surface area contributed by atoms with Crippen molar-refractivity contribution in [2.45, 2.75) is 0 Å². The number of benzene rings is 4. The van der Waals surface area contributed by atoms with E-state index in [4.69, 9.17) is 24.4 Å². The van der Waals surface area contributed by atoms with E-state index in [2.05, 4.69) is 20.0 Å². The van der Waals surface area contributed by atoms with E-state index in [1.54, 1.807) is 0 Å². The van der Waals surface area contributed by atoms with Gasteiger partial charge in [0.15, 0.2) is 0 Å². The largest absolute Gasteiger partial charge is 0.220 e. The van der Waals surface area contributed by atoms with Gasteiger partial charge in [0.2, 0.25) is 10.2 Å². The van der Waals surface area contributed by atoms with Crippen LogP contribution in [-0.4, -0.2) is 10.2 Å². The van der Waals surface area contributed by atoms with Gasteiger partial charge in [0.25, 0.3) is 0 Å². The van der Waals surface area contributed by atoms with Gasteiger partial charge in [-0.1, -0.05) is 72.8 Å². The summed E-state index contributed by atoms with van der Waals surface area (Å²) >= 11 is 11.1. The molecule has 32 heavy (non-hydrogen) atoms. The minimum Gasteiger partial charge on any atom is -0.218 e. The van der Waals surface area contributed by atoms with Crippen molar-refractivity contribution >= 4 is 34.7 Å². The predicted molar refractivity (Wildman–Crippen MR) is 131 cm³/mol. The fourth-order valence-electron chi connectivity index (χ4n) is 3.66. The Labute approximate surface area is 193 Å². The zero-order valence-electron chi connectivity index (χ0n) is 16.8. The number of nitrogens with zero attached hydrogens (tertiary/aromatic N) is 4. The van der Waals surface area contributed by atoms with Gasteiger partial charge in [-0.15, -0.1) is 0 Å². The predicted octanol–water partition coefficient (Wildman–Crippen LogP) is 3.02. The number of thiocarbonyl (C=S) groups is 2. The average Bonchev–Trinajstić information content (AvgIpc) is 2.80. The van der Waals surface area contributed by atoms with Crippen LogP contribution in [0, 0.1) is 20.9 Å². The summed E-state index contributed by atoms with van der Waals surface area (Å²) in [6, 6.07) is 31.2. The number of fused-ring (bicyclic) bond motifs is 4. The maximum absolute atomic E-state index is 5.56. The summed E-state index contributed by atoms with van der Waals surface area (Å²) in [5.74, 6) is 0. The van der Waals surface area contributed by atoms with Gasteiger partial charge in [-0.2, -0.15) is 0 Å². The van der Waals surface area contributed by atoms with Gasteiger partial charge < -0.3 is 0 Å². The van der Waals surface area contributed by atoms with Crippen LogP contribution in [-0.2, 0) is 0 Å². The molecule has 4 aromatic rings. The Morgan fingerprint density at radius 1 is 0.344 bits per heavy atom. The smallest absolute Gasteiger partial charge is 0.218 e. The summed E-state index contributed by atoms with van der Waals surface area (Å²) in [5.41, 5.74) is 0. The van der Waals surface area contributed by atoms with Crippen LogP contribution < -0.4 is 21.4 Å². The normalized spacial score (nSPS) is 12.9. The zero-order chi connectivity index (χ0) is 21.9. The summed E-state index contributed by atoms with van der Waals surface area (Å²) in [4.78, 5) is 18.7. The molecule has 0 saturated carbocycles. The van der Waals surface area contributed by atoms with Crippen LogP contribution in [0.15, 0.2) is 117 Å². The van der Waals surface area contributed by atoms with Gasteiger partial charge in [-0.05, 0) is 48.7 Å². The van der Waals surface area contributed by atoms with Crippen molar-refractivity contribution in [3.8, 4) is 0 Å². The van der Waals surface area contributed by atoms with E-state index in [1.165, 1.54) is 0 Å². The third-order valence-corrected chi connectivity index (χ3v) is 5.43. The average molecular weight is 449 g/mol. The van der Waals surface area contributed by atoms with Gasteiger partial charge >= 0.3 is 0 Å². The van der Waals surface area contributed by atoms with Crippen LogP contribution in [0.5, 0.6) is 0 Å². The first-order valence-corrected chi connectivity index (χ1v) is 10.8. The molecule has 1 heterocycles. The second kappa shape index (κ2) is 8.78. The van der Waals surface area contributed by atoms with Crippen molar-refractivity contribution in [1.29, 1.82) is 0 Å². The highest BCUT2D eigenvalue weighted by Crippen LogP contribution is 1.95. The molecule has 1 aliphatic rings. The summed E-state index contributed by atoms with van der Waals surface area (Å²) < 4.78 is 0. The lowest BCUT2D eigenvalue weighted by atomic mass is 10.2. The molecule has 4 nitrogen and oxygen atoms in total. The molecule has 5 rings (SSSR count). The molecule has 0 bridgehead atoms. The van der Waals surface area contributed by atoms with E-state index >= 15 is 0 Å². The van der Waals surface area contributed by atoms with Crippen LogP contribution >= 0.6 is 24.4 Å². The van der Waals surface area contributed by atoms with Crippen LogP contribution in [0.3, 0.4) is 0 Å². The lowest BCUT2D eigenvalue weighted by Crippen LogP contribution is -2.16. The highest BCUT2D eigenvalue weighted by Gasteiger charge is 1.99. The molecule has 0 unspecified atom stereocenters. The summed E-state index contributed by atoms with van der Waals surface area (Å²) in [7, 11) is 0. The number of hydrogen-bond donors (Lipinski definition) is 0. The lowest BCUT2D eigenvalue weighted by Gasteiger charge is -1.97. The fourth-order valence-corrected chi connectivity index (χ4v) is 4.05. The van der Waals surface area contributed by atoms with Crippen molar-refractivity contribution in [2.75, 3.05) is 0 Å². The van der Waals surface area contributed by atoms with Crippen LogP contribution in [0.4, 0.5) is 0 Å². The van der Waals surface area contributed by atoms with Crippen LogP contribution in [0.1, 0.15) is 0 Å². The van der Waals surface area contributed by atoms with Crippen LogP contribution in [0.25, 0.3) is 0 Å². The summed E-state index contributed by atoms with van der Waals surface area (Å²) in [5, 5.41) is 7.00. The molecule has 0 saturated heterocycles. The first-order valence-electron chi connectivity index (χ1n) is 10.0. The van der Waals surface area contributed by atoms with Crippen molar-refractivity contribution in [1.82, 2.24) is 0 Å². The van der Waals surface area contributed by atoms with Crippen molar-refractivity contribution in [3.63, 3.8) is 0 Å². The standard InChI is InChI=1S/C26H16N4S2/c31-25-27-21-13-5-1-9-17(21)18-10-2-6-14-22(18)28-26(32)30-24-16-8-4-12-20(24)19-11-3-7-15-23(19)29-25/h1-16H. The summed E-state index contributed by atoms with van der Waals surface area (Å²) in [6.45, 7) is 0. The SMILES string of the molecule is S=C1N=c2ccccc2=c2ccccc2=NC(=S)N=c2ccccc2=c2ccccc2=N1. The highest BCUT2D eigenvalue weighted by molar-refractivity contribution is 7.80. The van der Waals surface area contributed by atoms with Gasteiger partial charge in [-0.25, -0.2) is 20.0 Å². The van der Waals surface area contributed by atoms with Crippen molar-refractivity contribution < 1.29 is 0 Å². The molecule has 6 heteroatoms. The van der Waals surface area contributed by atoms with Crippen LogP contribution in [0.2, 0.25) is 0 Å². The highest BCUT2D eigenvalue weighted by atomic mass is 32.1. The van der Waals surface area contributed by atoms with Gasteiger partial charge in [0, 0.05) is 20.9 Å². The monoisotopic (exact) mass is 448 g/mol. The van der Waals surface area contributed by atoms with E-state index in [-0.39, 0.29) is 10.2 Å². The molecule has 0 radical (unpaired) electrons. The number of para-hydroxylation sites is 4. The van der Waals surface area contributed by atoms with E-state index in [0.717, 1.165) is 42.3 Å². The Balaban J connectivity index is 2.06. The third kappa shape index (κ3) is 4.06. The maximum atomic E-state index is 5.56. The molecular formula is C26H16N4S2. The quantitative estimate of drug-likeness (QED) is 0.388.